The van der Waals surface area contributed by atoms with Gasteiger partial charge in [0.25, 0.3) is 0 Å². The summed E-state index contributed by atoms with van der Waals surface area (Å²) in [7, 11) is 0. The van der Waals surface area contributed by atoms with Crippen molar-refractivity contribution in [3.63, 3.8) is 0 Å². The van der Waals surface area contributed by atoms with Crippen LogP contribution in [0.2, 0.25) is 0 Å². The number of carboxylic acids is 1. The highest BCUT2D eigenvalue weighted by Gasteiger charge is 2.17. The van der Waals surface area contributed by atoms with Crippen molar-refractivity contribution in [1.82, 2.24) is 5.16 Å². The average molecular weight is 281 g/mol. The molecule has 0 saturated carbocycles. The Balaban J connectivity index is 2.11. The highest BCUT2D eigenvalue weighted by Crippen LogP contribution is 2.31. The first-order valence-electron chi connectivity index (χ1n) is 6.01. The molecule has 1 N–H and O–H groups in total. The normalized spacial score (nSPS) is 10.6. The Morgan fingerprint density at radius 1 is 1.53 bits per heavy atom. The number of aromatic nitrogens is 1. The predicted octanol–water partition coefficient (Wildman–Crippen LogP) is 3.27. The number of carboxylic acid groups (broad SMARTS) is 1. The van der Waals surface area contributed by atoms with Crippen LogP contribution in [0.25, 0.3) is 0 Å². The molecule has 0 bridgehead atoms. The van der Waals surface area contributed by atoms with Crippen LogP contribution >= 0.6 is 11.3 Å². The Hall–Kier alpha value is -1.82. The fourth-order valence-corrected chi connectivity index (χ4v) is 2.73. The maximum Gasteiger partial charge on any atom is 0.349 e. The van der Waals surface area contributed by atoms with Gasteiger partial charge in [-0.1, -0.05) is 18.5 Å². The van der Waals surface area contributed by atoms with Crippen LogP contribution < -0.4 is 4.74 Å². The fraction of sp³-hybridized carbons (Fsp3) is 0.385. The van der Waals surface area contributed by atoms with E-state index < -0.39 is 5.97 Å². The highest BCUT2D eigenvalue weighted by molar-refractivity contribution is 7.14. The number of carbonyl (C=O) groups is 1. The van der Waals surface area contributed by atoms with Gasteiger partial charge in [0, 0.05) is 10.9 Å². The van der Waals surface area contributed by atoms with E-state index in [0.29, 0.717) is 17.2 Å². The lowest BCUT2D eigenvalue weighted by Gasteiger charge is -2.01. The van der Waals surface area contributed by atoms with Crippen molar-refractivity contribution in [2.24, 2.45) is 0 Å². The van der Waals surface area contributed by atoms with Gasteiger partial charge >= 0.3 is 5.97 Å². The number of aryl methyl sites for hydroxylation is 2. The van der Waals surface area contributed by atoms with Crippen LogP contribution in [0, 0.1) is 6.92 Å². The van der Waals surface area contributed by atoms with E-state index in [1.54, 1.807) is 19.1 Å². The summed E-state index contributed by atoms with van der Waals surface area (Å²) in [6, 6.07) is 3.56. The minimum atomic E-state index is -0.960. The van der Waals surface area contributed by atoms with Crippen molar-refractivity contribution in [2.75, 3.05) is 0 Å². The smallest absolute Gasteiger partial charge is 0.349 e. The molecule has 0 saturated heterocycles. The highest BCUT2D eigenvalue weighted by atomic mass is 32.1. The van der Waals surface area contributed by atoms with E-state index in [0.717, 1.165) is 17.7 Å². The monoisotopic (exact) mass is 281 g/mol. The lowest BCUT2D eigenvalue weighted by atomic mass is 10.3. The quantitative estimate of drug-likeness (QED) is 0.879. The maximum absolute atomic E-state index is 11.2. The Labute approximate surface area is 114 Å². The molecule has 0 spiro atoms. The largest absolute Gasteiger partial charge is 0.485 e. The molecule has 0 aromatic carbocycles. The van der Waals surface area contributed by atoms with Gasteiger partial charge in [-0.25, -0.2) is 4.79 Å². The summed E-state index contributed by atoms with van der Waals surface area (Å²) in [5.41, 5.74) is 0.650. The third-order valence-electron chi connectivity index (χ3n) is 2.49. The lowest BCUT2D eigenvalue weighted by Crippen LogP contribution is -2.00. The minimum absolute atomic E-state index is 0.208. The van der Waals surface area contributed by atoms with Crippen LogP contribution in [0.5, 0.6) is 5.75 Å². The topological polar surface area (TPSA) is 72.6 Å². The molecule has 5 nitrogen and oxygen atoms in total. The summed E-state index contributed by atoms with van der Waals surface area (Å²) < 4.78 is 10.5. The Morgan fingerprint density at radius 2 is 2.32 bits per heavy atom. The van der Waals surface area contributed by atoms with E-state index >= 15 is 0 Å². The number of hydrogen-bond acceptors (Lipinski definition) is 5. The zero-order chi connectivity index (χ0) is 13.8. The van der Waals surface area contributed by atoms with Crippen LogP contribution in [0.1, 0.15) is 39.3 Å². The Kier molecular flexibility index (Phi) is 4.21. The number of aromatic carboxylic acids is 1. The summed E-state index contributed by atoms with van der Waals surface area (Å²) in [6.07, 6.45) is 1.83. The van der Waals surface area contributed by atoms with E-state index in [2.05, 4.69) is 12.1 Å². The molecule has 0 unspecified atom stereocenters. The van der Waals surface area contributed by atoms with E-state index in [9.17, 15) is 4.79 Å². The second-order valence-corrected chi connectivity index (χ2v) is 5.32. The molecule has 0 aliphatic heterocycles. The number of ether oxygens (including phenoxy) is 1. The van der Waals surface area contributed by atoms with Gasteiger partial charge in [-0.05, 0) is 19.4 Å². The summed E-state index contributed by atoms with van der Waals surface area (Å²) in [4.78, 5) is 12.4. The molecule has 19 heavy (non-hydrogen) atoms. The van der Waals surface area contributed by atoms with Gasteiger partial charge in [-0.2, -0.15) is 0 Å². The van der Waals surface area contributed by atoms with Gasteiger partial charge in [-0.3, -0.25) is 0 Å². The molecule has 0 aliphatic carbocycles. The van der Waals surface area contributed by atoms with E-state index in [4.69, 9.17) is 14.4 Å². The van der Waals surface area contributed by atoms with Gasteiger partial charge in [0.15, 0.2) is 4.88 Å². The first kappa shape index (κ1) is 13.6. The number of thiophene rings is 1. The minimum Gasteiger partial charge on any atom is -0.485 e. The van der Waals surface area contributed by atoms with E-state index in [1.165, 1.54) is 11.3 Å². The SMILES string of the molecule is CCCc1cc(OCc2cc(C)on2)c(C(=O)O)s1. The number of nitrogens with zero attached hydrogens (tertiary/aromatic N) is 1. The van der Waals surface area contributed by atoms with Gasteiger partial charge in [-0.15, -0.1) is 11.3 Å². The number of hydrogen-bond donors (Lipinski definition) is 1. The van der Waals surface area contributed by atoms with E-state index in [1.807, 2.05) is 0 Å². The number of rotatable bonds is 6. The molecule has 102 valence electrons. The van der Waals surface area contributed by atoms with Gasteiger partial charge < -0.3 is 14.4 Å². The molecule has 0 atom stereocenters. The first-order chi connectivity index (χ1) is 9.10. The molecule has 0 radical (unpaired) electrons. The van der Waals surface area contributed by atoms with Gasteiger partial charge in [0.2, 0.25) is 0 Å². The molecular formula is C13H15NO4S. The third kappa shape index (κ3) is 3.35. The van der Waals surface area contributed by atoms with Crippen molar-refractivity contribution in [1.29, 1.82) is 0 Å². The molecule has 2 aromatic heterocycles. The van der Waals surface area contributed by atoms with Gasteiger partial charge in [0.05, 0.1) is 0 Å². The predicted molar refractivity (Wildman–Crippen MR) is 70.8 cm³/mol. The summed E-state index contributed by atoms with van der Waals surface area (Å²) >= 11 is 1.26. The molecule has 6 heteroatoms. The zero-order valence-electron chi connectivity index (χ0n) is 10.8. The van der Waals surface area contributed by atoms with Crippen molar-refractivity contribution in [3.05, 3.63) is 33.3 Å². The maximum atomic E-state index is 11.2. The Morgan fingerprint density at radius 3 is 2.89 bits per heavy atom. The third-order valence-corrected chi connectivity index (χ3v) is 3.66. The van der Waals surface area contributed by atoms with Crippen molar-refractivity contribution in [3.8, 4) is 5.75 Å². The van der Waals surface area contributed by atoms with Gasteiger partial charge in [0.1, 0.15) is 23.8 Å². The van der Waals surface area contributed by atoms with Crippen molar-refractivity contribution >= 4 is 17.3 Å². The van der Waals surface area contributed by atoms with Crippen molar-refractivity contribution in [2.45, 2.75) is 33.3 Å². The molecule has 0 fully saturated rings. The van der Waals surface area contributed by atoms with Crippen LogP contribution in [0.3, 0.4) is 0 Å². The van der Waals surface area contributed by atoms with Crippen molar-refractivity contribution < 1.29 is 19.2 Å². The van der Waals surface area contributed by atoms with E-state index in [-0.39, 0.29) is 11.5 Å². The lowest BCUT2D eigenvalue weighted by molar-refractivity contribution is 0.0697. The summed E-state index contributed by atoms with van der Waals surface area (Å²) in [5.74, 6) is 0.148. The summed E-state index contributed by atoms with van der Waals surface area (Å²) in [5, 5.41) is 12.9. The van der Waals surface area contributed by atoms with Crippen LogP contribution in [-0.2, 0) is 13.0 Å². The molecule has 2 rings (SSSR count). The standard InChI is InChI=1S/C13H15NO4S/c1-3-4-10-6-11(12(19-10)13(15)16)17-7-9-5-8(2)18-14-9/h5-6H,3-4,7H2,1-2H3,(H,15,16). The second kappa shape index (κ2) is 5.88. The second-order valence-electron chi connectivity index (χ2n) is 4.18. The molecule has 0 aliphatic rings. The molecular weight excluding hydrogens is 266 g/mol. The molecule has 2 heterocycles. The van der Waals surface area contributed by atoms with Crippen LogP contribution in [0.15, 0.2) is 16.7 Å². The Bertz CT molecular complexity index is 573. The molecule has 0 amide bonds. The fourth-order valence-electron chi connectivity index (χ4n) is 1.69. The average Bonchev–Trinajstić information content (AvgIpc) is 2.93. The molecule has 2 aromatic rings. The zero-order valence-corrected chi connectivity index (χ0v) is 11.6. The first-order valence-corrected chi connectivity index (χ1v) is 6.82. The van der Waals surface area contributed by atoms with Crippen LogP contribution in [-0.4, -0.2) is 16.2 Å². The summed E-state index contributed by atoms with van der Waals surface area (Å²) in [6.45, 7) is 4.06. The van der Waals surface area contributed by atoms with Crippen LogP contribution in [0.4, 0.5) is 0 Å².